The number of methoxy groups -OCH3 is 1. The van der Waals surface area contributed by atoms with Crippen LogP contribution in [0.15, 0.2) is 102 Å². The summed E-state index contributed by atoms with van der Waals surface area (Å²) in [7, 11) is 1.62. The molecule has 6 nitrogen and oxygen atoms in total. The quantitative estimate of drug-likeness (QED) is 0.258. The number of aryl methyl sites for hydroxylation is 1. The average Bonchev–Trinajstić information content (AvgIpc) is 3.34. The van der Waals surface area contributed by atoms with Crippen LogP contribution in [0.3, 0.4) is 0 Å². The number of amides is 1. The number of carbonyl (C=O) groups is 1. The lowest BCUT2D eigenvalue weighted by molar-refractivity contribution is 0.0949. The van der Waals surface area contributed by atoms with E-state index in [9.17, 15) is 4.79 Å². The van der Waals surface area contributed by atoms with Gasteiger partial charge in [-0.2, -0.15) is 10.2 Å². The van der Waals surface area contributed by atoms with E-state index >= 15 is 0 Å². The number of hydrogen-bond acceptors (Lipinski definition) is 4. The molecule has 1 heterocycles. The summed E-state index contributed by atoms with van der Waals surface area (Å²) in [5.74, 6) is 0.373. The van der Waals surface area contributed by atoms with Gasteiger partial charge in [0.1, 0.15) is 5.75 Å². The maximum absolute atomic E-state index is 13.0. The summed E-state index contributed by atoms with van der Waals surface area (Å²) in [6.07, 6.45) is 1.58. The van der Waals surface area contributed by atoms with Crippen molar-refractivity contribution in [1.29, 1.82) is 0 Å². The van der Waals surface area contributed by atoms with Crippen molar-refractivity contribution in [2.24, 2.45) is 5.10 Å². The number of ether oxygens (including phenoxy) is 1. The first-order chi connectivity index (χ1) is 17.1. The van der Waals surface area contributed by atoms with Gasteiger partial charge in [-0.05, 0) is 65.2 Å². The van der Waals surface area contributed by atoms with Gasteiger partial charge in [-0.1, -0.05) is 60.7 Å². The van der Waals surface area contributed by atoms with Crippen LogP contribution in [-0.2, 0) is 0 Å². The number of aromatic nitrogens is 2. The molecule has 0 spiro atoms. The van der Waals surface area contributed by atoms with Crippen LogP contribution < -0.4 is 10.2 Å². The fourth-order valence-electron chi connectivity index (χ4n) is 4.03. The van der Waals surface area contributed by atoms with Crippen molar-refractivity contribution >= 4 is 22.9 Å². The highest BCUT2D eigenvalue weighted by Crippen LogP contribution is 2.31. The number of hydrogen-bond donors (Lipinski definition) is 1. The van der Waals surface area contributed by atoms with E-state index in [2.05, 4.69) is 39.9 Å². The molecule has 172 valence electrons. The Balaban J connectivity index is 1.52. The number of nitrogens with zero attached hydrogens (tertiary/aromatic N) is 3. The molecule has 6 heteroatoms. The number of hydrazone groups is 1. The molecule has 1 aromatic heterocycles. The van der Waals surface area contributed by atoms with Gasteiger partial charge < -0.3 is 4.74 Å². The normalized spacial score (nSPS) is 11.1. The lowest BCUT2D eigenvalue weighted by atomic mass is 10.0. The summed E-state index contributed by atoms with van der Waals surface area (Å²) < 4.78 is 7.00. The van der Waals surface area contributed by atoms with Gasteiger partial charge in [0.05, 0.1) is 24.7 Å². The third-order valence-electron chi connectivity index (χ3n) is 5.85. The SMILES string of the molecule is COc1ccc(/C=N\NC(=O)c2cc(-c3cccc4ccccc34)n(-c3ccccc3C)n2)cc1. The Morgan fingerprint density at radius 1 is 0.943 bits per heavy atom. The molecule has 0 saturated heterocycles. The van der Waals surface area contributed by atoms with Gasteiger partial charge in [-0.25, -0.2) is 10.1 Å². The number of benzene rings is 4. The fraction of sp³-hybridized carbons (Fsp3) is 0.0690. The molecule has 1 amide bonds. The van der Waals surface area contributed by atoms with Crippen LogP contribution in [0, 0.1) is 6.92 Å². The zero-order chi connectivity index (χ0) is 24.2. The second-order valence-corrected chi connectivity index (χ2v) is 8.11. The molecular weight excluding hydrogens is 436 g/mol. The Bertz CT molecular complexity index is 1530. The van der Waals surface area contributed by atoms with E-state index < -0.39 is 0 Å². The number of nitrogens with one attached hydrogen (secondary N) is 1. The molecule has 0 aliphatic rings. The summed E-state index contributed by atoms with van der Waals surface area (Å²) in [5.41, 5.74) is 7.52. The van der Waals surface area contributed by atoms with E-state index in [0.717, 1.165) is 44.6 Å². The van der Waals surface area contributed by atoms with Gasteiger partial charge in [0.15, 0.2) is 5.69 Å². The number of rotatable bonds is 6. The summed E-state index contributed by atoms with van der Waals surface area (Å²) in [6, 6.07) is 31.5. The Morgan fingerprint density at radius 3 is 2.49 bits per heavy atom. The molecule has 0 fully saturated rings. The summed E-state index contributed by atoms with van der Waals surface area (Å²) in [6.45, 7) is 2.03. The minimum Gasteiger partial charge on any atom is -0.497 e. The Hall–Kier alpha value is -4.71. The standard InChI is InChI=1S/C29H24N4O2/c1-20-8-3-6-13-27(20)33-28(25-12-7-10-22-9-4-5-11-24(22)25)18-26(32-33)29(34)31-30-19-21-14-16-23(35-2)17-15-21/h3-19H,1-2H3,(H,31,34)/b30-19-. The number of carbonyl (C=O) groups excluding carboxylic acids is 1. The third-order valence-corrected chi connectivity index (χ3v) is 5.85. The van der Waals surface area contributed by atoms with Crippen molar-refractivity contribution in [3.8, 4) is 22.7 Å². The van der Waals surface area contributed by atoms with E-state index in [1.807, 2.05) is 84.4 Å². The summed E-state index contributed by atoms with van der Waals surface area (Å²) >= 11 is 0. The van der Waals surface area contributed by atoms with Crippen molar-refractivity contribution in [1.82, 2.24) is 15.2 Å². The van der Waals surface area contributed by atoms with Crippen LogP contribution in [-0.4, -0.2) is 29.0 Å². The topological polar surface area (TPSA) is 68.5 Å². The molecule has 1 N–H and O–H groups in total. The van der Waals surface area contributed by atoms with Crippen LogP contribution in [0.5, 0.6) is 5.75 Å². The molecule has 0 unspecified atom stereocenters. The molecule has 35 heavy (non-hydrogen) atoms. The van der Waals surface area contributed by atoms with Crippen molar-refractivity contribution < 1.29 is 9.53 Å². The van der Waals surface area contributed by atoms with Crippen LogP contribution in [0.25, 0.3) is 27.7 Å². The molecule has 0 aliphatic carbocycles. The zero-order valence-electron chi connectivity index (χ0n) is 19.5. The highest BCUT2D eigenvalue weighted by molar-refractivity contribution is 5.99. The lowest BCUT2D eigenvalue weighted by Crippen LogP contribution is -2.18. The second-order valence-electron chi connectivity index (χ2n) is 8.11. The van der Waals surface area contributed by atoms with Crippen LogP contribution in [0.4, 0.5) is 0 Å². The first-order valence-corrected chi connectivity index (χ1v) is 11.3. The largest absolute Gasteiger partial charge is 0.497 e. The van der Waals surface area contributed by atoms with E-state index in [0.29, 0.717) is 0 Å². The van der Waals surface area contributed by atoms with Gasteiger partial charge in [0.2, 0.25) is 0 Å². The van der Waals surface area contributed by atoms with Crippen molar-refractivity contribution in [3.63, 3.8) is 0 Å². The molecule has 0 atom stereocenters. The second kappa shape index (κ2) is 9.65. The van der Waals surface area contributed by atoms with Crippen LogP contribution in [0.2, 0.25) is 0 Å². The van der Waals surface area contributed by atoms with Crippen LogP contribution in [0.1, 0.15) is 21.6 Å². The van der Waals surface area contributed by atoms with Crippen molar-refractivity contribution in [2.75, 3.05) is 7.11 Å². The van der Waals surface area contributed by atoms with Gasteiger partial charge in [-0.15, -0.1) is 0 Å². The highest BCUT2D eigenvalue weighted by atomic mass is 16.5. The van der Waals surface area contributed by atoms with Gasteiger partial charge in [-0.3, -0.25) is 4.79 Å². The zero-order valence-corrected chi connectivity index (χ0v) is 19.5. The molecule has 5 rings (SSSR count). The van der Waals surface area contributed by atoms with E-state index in [1.54, 1.807) is 13.3 Å². The Kier molecular flexibility index (Phi) is 6.09. The third kappa shape index (κ3) is 4.54. The van der Waals surface area contributed by atoms with Crippen molar-refractivity contribution in [2.45, 2.75) is 6.92 Å². The molecule has 5 aromatic rings. The molecule has 4 aromatic carbocycles. The maximum atomic E-state index is 13.0. The summed E-state index contributed by atoms with van der Waals surface area (Å²) in [4.78, 5) is 13.0. The molecule has 0 bridgehead atoms. The smallest absolute Gasteiger partial charge is 0.291 e. The first kappa shape index (κ1) is 22.1. The van der Waals surface area contributed by atoms with Crippen LogP contribution >= 0.6 is 0 Å². The Morgan fingerprint density at radius 2 is 1.69 bits per heavy atom. The number of para-hydroxylation sites is 1. The average molecular weight is 461 g/mol. The van der Waals surface area contributed by atoms with Crippen molar-refractivity contribution in [3.05, 3.63) is 114 Å². The van der Waals surface area contributed by atoms with Gasteiger partial charge >= 0.3 is 0 Å². The first-order valence-electron chi connectivity index (χ1n) is 11.3. The fourth-order valence-corrected chi connectivity index (χ4v) is 4.03. The van der Waals surface area contributed by atoms with Gasteiger partial charge in [0, 0.05) is 5.56 Å². The number of fused-ring (bicyclic) bond motifs is 1. The predicted molar refractivity (Wildman–Crippen MR) is 139 cm³/mol. The van der Waals surface area contributed by atoms with Gasteiger partial charge in [0.25, 0.3) is 5.91 Å². The molecular formula is C29H24N4O2. The monoisotopic (exact) mass is 460 g/mol. The maximum Gasteiger partial charge on any atom is 0.291 e. The van der Waals surface area contributed by atoms with E-state index in [4.69, 9.17) is 4.74 Å². The molecule has 0 saturated carbocycles. The molecule has 0 radical (unpaired) electrons. The highest BCUT2D eigenvalue weighted by Gasteiger charge is 2.18. The minimum absolute atomic E-state index is 0.281. The minimum atomic E-state index is -0.386. The lowest BCUT2D eigenvalue weighted by Gasteiger charge is -2.12. The summed E-state index contributed by atoms with van der Waals surface area (Å²) in [5, 5.41) is 11.0. The molecule has 0 aliphatic heterocycles. The van der Waals surface area contributed by atoms with E-state index in [1.165, 1.54) is 0 Å². The predicted octanol–water partition coefficient (Wildman–Crippen LogP) is 5.77. The Labute approximate surface area is 203 Å². The van der Waals surface area contributed by atoms with E-state index in [-0.39, 0.29) is 11.6 Å².